The van der Waals surface area contributed by atoms with Crippen LogP contribution in [0.15, 0.2) is 0 Å². The van der Waals surface area contributed by atoms with E-state index in [0.717, 1.165) is 20.5 Å². The Kier molecular flexibility index (Phi) is 1.71. The number of rotatable bonds is 1. The third kappa shape index (κ3) is 1.18. The maximum Gasteiger partial charge on any atom is 0.189 e. The Morgan fingerprint density at radius 3 is 2.29 bits per heavy atom. The minimum Gasteiger partial charge on any atom is -0.359 e. The van der Waals surface area contributed by atoms with Gasteiger partial charge in [0.2, 0.25) is 0 Å². The monoisotopic (exact) mass is 100 g/mol. The van der Waals surface area contributed by atoms with Gasteiger partial charge in [-0.15, -0.1) is 0 Å². The molecule has 0 N–H and O–H groups in total. The number of hydrogen-bond donors (Lipinski definition) is 0. The van der Waals surface area contributed by atoms with Crippen LogP contribution in [0.5, 0.6) is 0 Å². The van der Waals surface area contributed by atoms with E-state index < -0.39 is 0 Å². The van der Waals surface area contributed by atoms with Crippen molar-refractivity contribution in [2.45, 2.75) is 13.0 Å². The molecule has 40 valence electrons. The molecule has 2 nitrogen and oxygen atoms in total. The first-order valence-corrected chi connectivity index (χ1v) is 2.66. The van der Waals surface area contributed by atoms with Crippen molar-refractivity contribution in [1.29, 1.82) is 0 Å². The van der Waals surface area contributed by atoms with Crippen LogP contribution in [0.1, 0.15) is 0 Å². The van der Waals surface area contributed by atoms with Gasteiger partial charge in [-0.2, -0.15) is 0 Å². The second-order valence-electron chi connectivity index (χ2n) is 1.58. The summed E-state index contributed by atoms with van der Waals surface area (Å²) in [5, 5.41) is 0. The minimum atomic E-state index is 0.0972. The number of hydrogen-bond acceptors (Lipinski definition) is 2. The lowest BCUT2D eigenvalue weighted by atomic mass is 9.82. The Labute approximate surface area is 44.0 Å². The molecule has 0 saturated carbocycles. The van der Waals surface area contributed by atoms with Gasteiger partial charge in [-0.25, -0.2) is 0 Å². The van der Waals surface area contributed by atoms with Gasteiger partial charge in [-0.05, 0) is 0 Å². The molecular weight excluding hydrogens is 90.9 g/mol. The SMILES string of the molecule is CBC1OCCO1. The van der Waals surface area contributed by atoms with Crippen molar-refractivity contribution < 1.29 is 9.47 Å². The molecule has 1 heterocycles. The molecule has 0 aromatic carbocycles. The zero-order valence-corrected chi connectivity index (χ0v) is 4.52. The van der Waals surface area contributed by atoms with E-state index in [0.29, 0.717) is 0 Å². The highest BCUT2D eigenvalue weighted by Gasteiger charge is 2.12. The zero-order valence-electron chi connectivity index (χ0n) is 4.52. The third-order valence-electron chi connectivity index (χ3n) is 1.02. The van der Waals surface area contributed by atoms with Crippen LogP contribution in [0, 0.1) is 0 Å². The van der Waals surface area contributed by atoms with Crippen molar-refractivity contribution in [3.05, 3.63) is 0 Å². The molecule has 0 unspecified atom stereocenters. The molecular formula is C4H9BO2. The molecule has 0 radical (unpaired) electrons. The Morgan fingerprint density at radius 2 is 2.00 bits per heavy atom. The van der Waals surface area contributed by atoms with E-state index in [9.17, 15) is 0 Å². The van der Waals surface area contributed by atoms with Crippen LogP contribution in [-0.4, -0.2) is 26.7 Å². The molecule has 0 spiro atoms. The molecule has 7 heavy (non-hydrogen) atoms. The molecule has 0 aromatic heterocycles. The lowest BCUT2D eigenvalue weighted by Crippen LogP contribution is -2.13. The van der Waals surface area contributed by atoms with Crippen molar-refractivity contribution in [2.24, 2.45) is 0 Å². The lowest BCUT2D eigenvalue weighted by molar-refractivity contribution is 0.0242. The van der Waals surface area contributed by atoms with Gasteiger partial charge in [0, 0.05) is 0 Å². The Morgan fingerprint density at radius 1 is 1.43 bits per heavy atom. The highest BCUT2D eigenvalue weighted by Crippen LogP contribution is 1.99. The van der Waals surface area contributed by atoms with Crippen molar-refractivity contribution in [2.75, 3.05) is 13.2 Å². The van der Waals surface area contributed by atoms with Gasteiger partial charge >= 0.3 is 0 Å². The standard InChI is InChI=1S/C4H9BO2/c1-5-4-6-2-3-7-4/h4-5H,2-3H2,1H3. The molecule has 0 aliphatic carbocycles. The fourth-order valence-corrected chi connectivity index (χ4v) is 0.643. The van der Waals surface area contributed by atoms with E-state index >= 15 is 0 Å². The molecule has 3 heteroatoms. The average molecular weight is 99.9 g/mol. The van der Waals surface area contributed by atoms with E-state index in [-0.39, 0.29) is 6.19 Å². The summed E-state index contributed by atoms with van der Waals surface area (Å²) in [7, 11) is 0.972. The van der Waals surface area contributed by atoms with Gasteiger partial charge in [0.05, 0.1) is 13.2 Å². The summed E-state index contributed by atoms with van der Waals surface area (Å²) in [4.78, 5) is 0. The first-order valence-electron chi connectivity index (χ1n) is 2.66. The summed E-state index contributed by atoms with van der Waals surface area (Å²) < 4.78 is 10.2. The van der Waals surface area contributed by atoms with E-state index in [1.165, 1.54) is 0 Å². The van der Waals surface area contributed by atoms with Crippen molar-refractivity contribution >= 4 is 7.28 Å². The highest BCUT2D eigenvalue weighted by molar-refractivity contribution is 6.34. The highest BCUT2D eigenvalue weighted by atomic mass is 16.7. The summed E-state index contributed by atoms with van der Waals surface area (Å²) in [6.07, 6.45) is 0.0972. The lowest BCUT2D eigenvalue weighted by Gasteiger charge is -2.00. The first-order chi connectivity index (χ1) is 3.43. The number of ether oxygens (including phenoxy) is 2. The molecule has 1 saturated heterocycles. The van der Waals surface area contributed by atoms with E-state index in [2.05, 4.69) is 6.82 Å². The van der Waals surface area contributed by atoms with Crippen LogP contribution in [0.3, 0.4) is 0 Å². The summed E-state index contributed by atoms with van der Waals surface area (Å²) in [6, 6.07) is 0. The summed E-state index contributed by atoms with van der Waals surface area (Å²) in [5.41, 5.74) is 0. The van der Waals surface area contributed by atoms with Gasteiger partial charge in [0.15, 0.2) is 7.28 Å². The van der Waals surface area contributed by atoms with Gasteiger partial charge in [-0.1, -0.05) is 6.82 Å². The maximum absolute atomic E-state index is 5.08. The quantitative estimate of drug-likeness (QED) is 0.425. The van der Waals surface area contributed by atoms with E-state index in [1.807, 2.05) is 0 Å². The van der Waals surface area contributed by atoms with Crippen LogP contribution in [0.2, 0.25) is 6.82 Å². The van der Waals surface area contributed by atoms with Crippen LogP contribution < -0.4 is 0 Å². The summed E-state index contributed by atoms with van der Waals surface area (Å²) in [6.45, 7) is 3.60. The van der Waals surface area contributed by atoms with Crippen molar-refractivity contribution in [1.82, 2.24) is 0 Å². The minimum absolute atomic E-state index is 0.0972. The third-order valence-corrected chi connectivity index (χ3v) is 1.02. The van der Waals surface area contributed by atoms with Gasteiger partial charge in [0.1, 0.15) is 6.19 Å². The fraction of sp³-hybridized carbons (Fsp3) is 1.00. The molecule has 0 atom stereocenters. The second-order valence-corrected chi connectivity index (χ2v) is 1.58. The topological polar surface area (TPSA) is 18.5 Å². The molecule has 1 fully saturated rings. The zero-order chi connectivity index (χ0) is 5.11. The van der Waals surface area contributed by atoms with Gasteiger partial charge in [0.25, 0.3) is 0 Å². The Hall–Kier alpha value is -0.0151. The summed E-state index contributed by atoms with van der Waals surface area (Å²) >= 11 is 0. The Balaban J connectivity index is 2.14. The predicted octanol–water partition coefficient (Wildman–Crippen LogP) is -0.199. The molecule has 0 aromatic rings. The summed E-state index contributed by atoms with van der Waals surface area (Å²) in [5.74, 6) is 0. The van der Waals surface area contributed by atoms with Crippen molar-refractivity contribution in [3.8, 4) is 0 Å². The molecule has 0 amide bonds. The van der Waals surface area contributed by atoms with Crippen molar-refractivity contribution in [3.63, 3.8) is 0 Å². The smallest absolute Gasteiger partial charge is 0.189 e. The van der Waals surface area contributed by atoms with Crippen LogP contribution >= 0.6 is 0 Å². The largest absolute Gasteiger partial charge is 0.359 e. The normalized spacial score (nSPS) is 23.0. The molecule has 0 bridgehead atoms. The van der Waals surface area contributed by atoms with Crippen LogP contribution in [-0.2, 0) is 9.47 Å². The van der Waals surface area contributed by atoms with E-state index in [1.54, 1.807) is 0 Å². The fourth-order valence-electron chi connectivity index (χ4n) is 0.643. The maximum atomic E-state index is 5.08. The predicted molar refractivity (Wildman–Crippen MR) is 28.7 cm³/mol. The van der Waals surface area contributed by atoms with Crippen LogP contribution in [0.25, 0.3) is 0 Å². The first kappa shape index (κ1) is 5.13. The Bertz CT molecular complexity index is 51.7. The average Bonchev–Trinajstić information content (AvgIpc) is 2.14. The molecule has 1 aliphatic rings. The van der Waals surface area contributed by atoms with Crippen LogP contribution in [0.4, 0.5) is 0 Å². The van der Waals surface area contributed by atoms with Gasteiger partial charge in [-0.3, -0.25) is 0 Å². The second kappa shape index (κ2) is 2.33. The van der Waals surface area contributed by atoms with Gasteiger partial charge < -0.3 is 9.47 Å². The van der Waals surface area contributed by atoms with E-state index in [4.69, 9.17) is 9.47 Å². The molecule has 1 aliphatic heterocycles. The molecule has 1 rings (SSSR count).